The number of allylic oxidation sites excluding steroid dienone is 4. The number of carbonyl (C=O) groups excluding carboxylic acids is 3. The Labute approximate surface area is 313 Å². The number of esters is 2. The molecule has 0 saturated carbocycles. The summed E-state index contributed by atoms with van der Waals surface area (Å²) < 4.78 is 17.1. The number of carboxylic acids is 1. The lowest BCUT2D eigenvalue weighted by atomic mass is 10.1. The molecule has 0 saturated heterocycles. The molecule has 0 rings (SSSR count). The maximum Gasteiger partial charge on any atom is 0.306 e. The number of unbranched alkanes of at least 4 members (excludes halogenated alkanes) is 19. The van der Waals surface area contributed by atoms with Crippen molar-refractivity contribution in [3.63, 3.8) is 0 Å². The fourth-order valence-electron chi connectivity index (χ4n) is 6.00. The van der Waals surface area contributed by atoms with Gasteiger partial charge in [0.1, 0.15) is 12.6 Å². The van der Waals surface area contributed by atoms with Crippen LogP contribution in [0.4, 0.5) is 0 Å². The van der Waals surface area contributed by atoms with Crippen molar-refractivity contribution in [2.24, 2.45) is 0 Å². The fourth-order valence-corrected chi connectivity index (χ4v) is 6.00. The highest BCUT2D eigenvalue weighted by atomic mass is 16.6. The minimum Gasteiger partial charge on any atom is -0.544 e. The van der Waals surface area contributed by atoms with Gasteiger partial charge in [0.05, 0.1) is 40.3 Å². The fraction of sp³-hybridized carbons (Fsp3) is 0.837. The normalized spacial score (nSPS) is 13.2. The number of hydrogen-bond acceptors (Lipinski definition) is 7. The molecule has 0 aliphatic rings. The lowest BCUT2D eigenvalue weighted by Gasteiger charge is -2.34. The van der Waals surface area contributed by atoms with E-state index in [1.807, 2.05) is 0 Å². The Morgan fingerprint density at radius 2 is 0.980 bits per heavy atom. The summed E-state index contributed by atoms with van der Waals surface area (Å²) >= 11 is 0. The van der Waals surface area contributed by atoms with Gasteiger partial charge in [-0.05, 0) is 64.2 Å². The Hall–Kier alpha value is -2.19. The summed E-state index contributed by atoms with van der Waals surface area (Å²) in [6.07, 6.45) is 36.2. The van der Waals surface area contributed by atoms with E-state index in [2.05, 4.69) is 38.2 Å². The van der Waals surface area contributed by atoms with Crippen molar-refractivity contribution in [2.45, 2.75) is 193 Å². The monoisotopic (exact) mass is 722 g/mol. The molecule has 0 N–H and O–H groups in total. The third kappa shape index (κ3) is 33.4. The van der Waals surface area contributed by atoms with Crippen molar-refractivity contribution < 1.29 is 38.2 Å². The van der Waals surface area contributed by atoms with Crippen LogP contribution in [0.1, 0.15) is 181 Å². The van der Waals surface area contributed by atoms with Crippen molar-refractivity contribution in [1.29, 1.82) is 0 Å². The predicted octanol–water partition coefficient (Wildman–Crippen LogP) is 9.58. The molecule has 0 spiro atoms. The second-order valence-electron chi connectivity index (χ2n) is 15.2. The van der Waals surface area contributed by atoms with Crippen LogP contribution < -0.4 is 5.11 Å². The summed E-state index contributed by atoms with van der Waals surface area (Å²) in [5.41, 5.74) is 0. The summed E-state index contributed by atoms with van der Waals surface area (Å²) in [4.78, 5) is 36.7. The van der Waals surface area contributed by atoms with E-state index in [1.54, 1.807) is 21.1 Å². The topological polar surface area (TPSA) is 102 Å². The number of likely N-dealkylation sites (N-methyl/N-ethyl adjacent to an activating group) is 1. The van der Waals surface area contributed by atoms with Gasteiger partial charge in [-0.3, -0.25) is 9.59 Å². The van der Waals surface area contributed by atoms with Crippen LogP contribution in [0.3, 0.4) is 0 Å². The highest BCUT2D eigenvalue weighted by Crippen LogP contribution is 2.13. The summed E-state index contributed by atoms with van der Waals surface area (Å²) in [7, 11) is 5.40. The Morgan fingerprint density at radius 1 is 0.569 bits per heavy atom. The lowest BCUT2D eigenvalue weighted by molar-refractivity contribution is -0.889. The molecule has 0 aliphatic carbocycles. The van der Waals surface area contributed by atoms with Gasteiger partial charge < -0.3 is 28.6 Å². The number of rotatable bonds is 37. The van der Waals surface area contributed by atoms with Crippen molar-refractivity contribution >= 4 is 17.9 Å². The molecular weight excluding hydrogens is 642 g/mol. The smallest absolute Gasteiger partial charge is 0.306 e. The molecule has 0 amide bonds. The van der Waals surface area contributed by atoms with Crippen molar-refractivity contribution in [3.05, 3.63) is 24.3 Å². The molecule has 51 heavy (non-hydrogen) atoms. The van der Waals surface area contributed by atoms with E-state index in [9.17, 15) is 19.5 Å². The van der Waals surface area contributed by atoms with Gasteiger partial charge in [0.15, 0.2) is 6.10 Å². The van der Waals surface area contributed by atoms with Gasteiger partial charge in [0.2, 0.25) is 0 Å². The van der Waals surface area contributed by atoms with Crippen LogP contribution >= 0.6 is 0 Å². The maximum absolute atomic E-state index is 12.7. The molecule has 8 nitrogen and oxygen atoms in total. The van der Waals surface area contributed by atoms with Gasteiger partial charge in [0.25, 0.3) is 0 Å². The van der Waals surface area contributed by atoms with Crippen LogP contribution in [-0.4, -0.2) is 75.5 Å². The predicted molar refractivity (Wildman–Crippen MR) is 208 cm³/mol. The molecular formula is C43H79NO7. The van der Waals surface area contributed by atoms with Crippen LogP contribution in [0.15, 0.2) is 24.3 Å². The Kier molecular flexibility index (Phi) is 33.4. The number of quaternary nitrogens is 1. The van der Waals surface area contributed by atoms with E-state index < -0.39 is 18.1 Å². The molecule has 0 aromatic rings. The van der Waals surface area contributed by atoms with Gasteiger partial charge in [-0.25, -0.2) is 0 Å². The van der Waals surface area contributed by atoms with Crippen LogP contribution in [0.5, 0.6) is 0 Å². The molecule has 0 aromatic heterocycles. The average molecular weight is 722 g/mol. The first-order valence-corrected chi connectivity index (χ1v) is 20.9. The van der Waals surface area contributed by atoms with Gasteiger partial charge >= 0.3 is 11.9 Å². The van der Waals surface area contributed by atoms with Gasteiger partial charge in [-0.15, -0.1) is 0 Å². The van der Waals surface area contributed by atoms with E-state index >= 15 is 0 Å². The average Bonchev–Trinajstić information content (AvgIpc) is 3.08. The van der Waals surface area contributed by atoms with Crippen molar-refractivity contribution in [3.8, 4) is 0 Å². The summed E-state index contributed by atoms with van der Waals surface area (Å²) in [5, 5.41) is 11.6. The Balaban J connectivity index is 4.39. The lowest BCUT2D eigenvalue weighted by Crippen LogP contribution is -2.55. The van der Waals surface area contributed by atoms with E-state index in [1.165, 1.54) is 96.3 Å². The highest BCUT2D eigenvalue weighted by molar-refractivity contribution is 5.70. The zero-order chi connectivity index (χ0) is 37.8. The molecule has 2 atom stereocenters. The molecule has 8 heteroatoms. The minimum absolute atomic E-state index is 0.0387. The number of hydrogen-bond donors (Lipinski definition) is 0. The molecule has 0 aromatic carbocycles. The number of ether oxygens (including phenoxy) is 3. The van der Waals surface area contributed by atoms with Gasteiger partial charge in [0, 0.05) is 19.3 Å². The Bertz CT molecular complexity index is 895. The molecule has 2 unspecified atom stereocenters. The molecule has 298 valence electrons. The van der Waals surface area contributed by atoms with Crippen LogP contribution in [-0.2, 0) is 28.6 Å². The van der Waals surface area contributed by atoms with E-state index in [0.29, 0.717) is 12.8 Å². The largest absolute Gasteiger partial charge is 0.544 e. The van der Waals surface area contributed by atoms with E-state index in [-0.39, 0.29) is 42.7 Å². The summed E-state index contributed by atoms with van der Waals surface area (Å²) in [6.45, 7) is 4.61. The van der Waals surface area contributed by atoms with E-state index in [0.717, 1.165) is 51.4 Å². The van der Waals surface area contributed by atoms with Gasteiger partial charge in [-0.1, -0.05) is 122 Å². The Morgan fingerprint density at radius 3 is 1.45 bits per heavy atom. The number of carboxylic acid groups (broad SMARTS) is 1. The van der Waals surface area contributed by atoms with Crippen LogP contribution in [0.25, 0.3) is 0 Å². The van der Waals surface area contributed by atoms with Crippen LogP contribution in [0, 0.1) is 0 Å². The third-order valence-electron chi connectivity index (χ3n) is 9.31. The standard InChI is InChI=1S/C43H79NO7/c1-6-8-10-12-14-16-18-20-21-22-24-26-28-30-32-34-42(46)51-39(37-49-36-35-40(43(47)48)44(3,4)5)38-50-41(45)33-31-29-27-25-23-19-17-15-13-11-9-7-2/h15-18,39-40H,6-14,19-38H2,1-5H3/b17-15+,18-16+. The summed E-state index contributed by atoms with van der Waals surface area (Å²) in [5.74, 6) is -1.75. The van der Waals surface area contributed by atoms with Gasteiger partial charge in [-0.2, -0.15) is 0 Å². The zero-order valence-corrected chi connectivity index (χ0v) is 33.8. The highest BCUT2D eigenvalue weighted by Gasteiger charge is 2.25. The second-order valence-corrected chi connectivity index (χ2v) is 15.2. The maximum atomic E-state index is 12.7. The summed E-state index contributed by atoms with van der Waals surface area (Å²) in [6, 6.07) is -0.724. The SMILES string of the molecule is CCCCC/C=C/CCCCCCCC(=O)OCC(COCCC(C(=O)[O-])[N+](C)(C)C)OC(=O)CCCCCCCCC/C=C/CCCCCC. The number of nitrogens with zero attached hydrogens (tertiary/aromatic N) is 1. The first kappa shape index (κ1) is 48.8. The quantitative estimate of drug-likeness (QED) is 0.0273. The molecule has 0 fully saturated rings. The molecule has 0 radical (unpaired) electrons. The number of aliphatic carboxylic acids is 1. The minimum atomic E-state index is -1.13. The first-order chi connectivity index (χ1) is 24.6. The van der Waals surface area contributed by atoms with Crippen molar-refractivity contribution in [1.82, 2.24) is 0 Å². The second kappa shape index (κ2) is 34.9. The number of carbonyl (C=O) groups is 3. The van der Waals surface area contributed by atoms with E-state index in [4.69, 9.17) is 14.2 Å². The zero-order valence-electron chi connectivity index (χ0n) is 33.8. The van der Waals surface area contributed by atoms with Crippen LogP contribution in [0.2, 0.25) is 0 Å². The first-order valence-electron chi connectivity index (χ1n) is 20.9. The molecule has 0 aliphatic heterocycles. The molecule has 0 heterocycles. The van der Waals surface area contributed by atoms with Crippen molar-refractivity contribution in [2.75, 3.05) is 41.0 Å². The third-order valence-corrected chi connectivity index (χ3v) is 9.31. The molecule has 0 bridgehead atoms.